The van der Waals surface area contributed by atoms with E-state index in [-0.39, 0.29) is 39.9 Å². The Labute approximate surface area is 288 Å². The number of rotatable bonds is 5. The number of nitrogens with one attached hydrogen (secondary N) is 1. The Hall–Kier alpha value is -2.75. The summed E-state index contributed by atoms with van der Waals surface area (Å²) in [4.78, 5) is 29.2. The van der Waals surface area contributed by atoms with Crippen LogP contribution in [0.4, 0.5) is 10.1 Å². The van der Waals surface area contributed by atoms with Gasteiger partial charge in [-0.1, -0.05) is 44.0 Å². The zero-order valence-corrected chi connectivity index (χ0v) is 29.9. The van der Waals surface area contributed by atoms with Crippen LogP contribution in [0.15, 0.2) is 42.0 Å². The molecule has 1 spiro atoms. The largest absolute Gasteiger partial charge is 0.490 e. The second-order valence-corrected chi connectivity index (χ2v) is 15.1. The van der Waals surface area contributed by atoms with Crippen LogP contribution in [0.25, 0.3) is 0 Å². The van der Waals surface area contributed by atoms with Crippen molar-refractivity contribution in [2.24, 2.45) is 5.92 Å². The zero-order chi connectivity index (χ0) is 33.7. The van der Waals surface area contributed by atoms with Crippen molar-refractivity contribution in [3.63, 3.8) is 0 Å². The molecule has 1 N–H and O–H groups in total. The highest BCUT2D eigenvalue weighted by Gasteiger charge is 2.43. The lowest BCUT2D eigenvalue weighted by Gasteiger charge is -2.41. The number of carbonyl (C=O) groups is 2. The summed E-state index contributed by atoms with van der Waals surface area (Å²) in [5.74, 6) is 0.515. The molecule has 0 saturated carbocycles. The zero-order valence-electron chi connectivity index (χ0n) is 28.4. The number of likely N-dealkylation sites (N-methyl/N-ethyl adjacent to an activating group) is 1. The normalized spacial score (nSPS) is 26.4. The van der Waals surface area contributed by atoms with Gasteiger partial charge in [0.1, 0.15) is 11.6 Å². The van der Waals surface area contributed by atoms with Gasteiger partial charge in [-0.05, 0) is 104 Å². The number of fused-ring (bicyclic) bond motifs is 3. The highest BCUT2D eigenvalue weighted by molar-refractivity contribution is 7.98. The molecule has 2 aromatic rings. The van der Waals surface area contributed by atoms with Gasteiger partial charge in [0, 0.05) is 49.8 Å². The topological polar surface area (TPSA) is 71.1 Å². The first-order valence-electron chi connectivity index (χ1n) is 17.0. The van der Waals surface area contributed by atoms with E-state index in [0.29, 0.717) is 50.4 Å². The number of hydrogen-bond acceptors (Lipinski definition) is 6. The molecule has 2 heterocycles. The lowest BCUT2D eigenvalue weighted by atomic mass is 9.70. The quantitative estimate of drug-likeness (QED) is 0.257. The number of amides is 2. The minimum Gasteiger partial charge on any atom is -0.490 e. The van der Waals surface area contributed by atoms with Gasteiger partial charge in [0.15, 0.2) is 0 Å². The van der Waals surface area contributed by atoms with Crippen molar-refractivity contribution in [3.05, 3.63) is 69.5 Å². The van der Waals surface area contributed by atoms with Crippen LogP contribution >= 0.6 is 23.5 Å². The Morgan fingerprint density at radius 3 is 2.85 bits per heavy atom. The third kappa shape index (κ3) is 8.11. The van der Waals surface area contributed by atoms with Crippen LogP contribution in [0.3, 0.4) is 0 Å². The van der Waals surface area contributed by atoms with Gasteiger partial charge in [0.2, 0.25) is 5.91 Å². The van der Waals surface area contributed by atoms with Crippen LogP contribution in [-0.2, 0) is 21.4 Å². The van der Waals surface area contributed by atoms with Crippen LogP contribution < -0.4 is 14.4 Å². The molecule has 4 atom stereocenters. The SMILES string of the molecule is CCC1CCN2CC3(CCCc4c3ccc(Cl)c4F)COc3ccc(cc32)C(=O)NSC(C)CC/C=C(\C)C1OCCN(C)C(C)=O. The molecule has 2 amide bonds. The van der Waals surface area contributed by atoms with Crippen molar-refractivity contribution in [2.45, 2.75) is 89.4 Å². The third-order valence-corrected chi connectivity index (χ3v) is 11.5. The smallest absolute Gasteiger partial charge is 0.261 e. The first-order chi connectivity index (χ1) is 22.5. The van der Waals surface area contributed by atoms with E-state index in [4.69, 9.17) is 21.1 Å². The number of hydrogen-bond donors (Lipinski definition) is 1. The van der Waals surface area contributed by atoms with Crippen LogP contribution in [0, 0.1) is 11.7 Å². The Bertz CT molecular complexity index is 1490. The molecule has 2 aliphatic heterocycles. The molecular weight excluding hydrogens is 637 g/mol. The average Bonchev–Trinajstić information content (AvgIpc) is 3.21. The number of allylic oxidation sites excluding steroid dienone is 1. The summed E-state index contributed by atoms with van der Waals surface area (Å²) in [5.41, 5.74) is 3.88. The molecular formula is C37H49ClFN3O4S. The first kappa shape index (κ1) is 35.6. The molecule has 0 saturated heterocycles. The highest BCUT2D eigenvalue weighted by Crippen LogP contribution is 2.45. The van der Waals surface area contributed by atoms with Gasteiger partial charge in [-0.3, -0.25) is 14.3 Å². The molecule has 5 rings (SSSR count). The van der Waals surface area contributed by atoms with E-state index in [1.807, 2.05) is 24.3 Å². The maximum atomic E-state index is 15.4. The Kier molecular flexibility index (Phi) is 11.8. The monoisotopic (exact) mass is 685 g/mol. The highest BCUT2D eigenvalue weighted by atomic mass is 35.5. The molecule has 3 aliphatic rings. The summed E-state index contributed by atoms with van der Waals surface area (Å²) in [7, 11) is 1.80. The van der Waals surface area contributed by atoms with Crippen molar-refractivity contribution >= 4 is 41.1 Å². The van der Waals surface area contributed by atoms with Crippen LogP contribution in [-0.4, -0.2) is 68.0 Å². The number of anilines is 1. The van der Waals surface area contributed by atoms with Crippen molar-refractivity contribution in [1.82, 2.24) is 9.62 Å². The number of benzene rings is 2. The third-order valence-electron chi connectivity index (χ3n) is 10.2. The van der Waals surface area contributed by atoms with E-state index in [9.17, 15) is 9.59 Å². The predicted octanol–water partition coefficient (Wildman–Crippen LogP) is 7.74. The number of ether oxygens (including phenoxy) is 2. The molecule has 4 unspecified atom stereocenters. The van der Waals surface area contributed by atoms with E-state index in [1.165, 1.54) is 17.5 Å². The van der Waals surface area contributed by atoms with E-state index in [2.05, 4.69) is 36.5 Å². The lowest BCUT2D eigenvalue weighted by molar-refractivity contribution is -0.128. The molecule has 47 heavy (non-hydrogen) atoms. The molecule has 1 aliphatic carbocycles. The number of nitrogens with zero attached hydrogens (tertiary/aromatic N) is 2. The summed E-state index contributed by atoms with van der Waals surface area (Å²) in [6.07, 6.45) is 8.10. The van der Waals surface area contributed by atoms with Crippen molar-refractivity contribution in [3.8, 4) is 5.75 Å². The van der Waals surface area contributed by atoms with Crippen LogP contribution in [0.2, 0.25) is 5.02 Å². The van der Waals surface area contributed by atoms with Crippen LogP contribution in [0.1, 0.15) is 87.7 Å². The van der Waals surface area contributed by atoms with Crippen molar-refractivity contribution in [1.29, 1.82) is 0 Å². The van der Waals surface area contributed by atoms with Gasteiger partial charge in [-0.25, -0.2) is 4.39 Å². The minimum atomic E-state index is -0.433. The van der Waals surface area contributed by atoms with Gasteiger partial charge in [-0.2, -0.15) is 0 Å². The van der Waals surface area contributed by atoms with Crippen LogP contribution in [0.5, 0.6) is 5.75 Å². The average molecular weight is 686 g/mol. The van der Waals surface area contributed by atoms with E-state index < -0.39 is 5.41 Å². The molecule has 0 aromatic heterocycles. The number of carbonyl (C=O) groups excluding carboxylic acids is 2. The Balaban J connectivity index is 1.52. The molecule has 256 valence electrons. The number of halogens is 2. The summed E-state index contributed by atoms with van der Waals surface area (Å²) in [5, 5.41) is 0.378. The van der Waals surface area contributed by atoms with E-state index in [1.54, 1.807) is 24.9 Å². The molecule has 2 aromatic carbocycles. The van der Waals surface area contributed by atoms with Crippen molar-refractivity contribution < 1.29 is 23.5 Å². The maximum Gasteiger partial charge on any atom is 0.261 e. The van der Waals surface area contributed by atoms with Gasteiger partial charge in [0.25, 0.3) is 5.91 Å². The maximum absolute atomic E-state index is 15.4. The first-order valence-corrected chi connectivity index (χ1v) is 18.2. The summed E-state index contributed by atoms with van der Waals surface area (Å²) in [6.45, 7) is 10.8. The summed E-state index contributed by atoms with van der Waals surface area (Å²) < 4.78 is 31.6. The standard InChI is InChI=1S/C37H49ClFN3O4S/c1-6-27-16-18-42-22-37(17-8-11-29-30(37)13-14-31(38)34(29)39)23-46-33-15-12-28(21-32(33)42)36(44)40-47-25(3)10-7-9-24(2)35(27)45-20-19-41(5)26(4)43/h9,12-15,21,25,27,35H,6-8,10-11,16-20,22-23H2,1-5H3,(H,40,44)/b24-9+. The molecule has 0 fully saturated rings. The minimum absolute atomic E-state index is 0.0197. The van der Waals surface area contributed by atoms with Gasteiger partial charge >= 0.3 is 0 Å². The molecule has 0 radical (unpaired) electrons. The summed E-state index contributed by atoms with van der Waals surface area (Å²) >= 11 is 7.70. The van der Waals surface area contributed by atoms with Gasteiger partial charge in [0.05, 0.1) is 30.0 Å². The molecule has 2 bridgehead atoms. The van der Waals surface area contributed by atoms with Gasteiger partial charge < -0.3 is 19.3 Å². The predicted molar refractivity (Wildman–Crippen MR) is 189 cm³/mol. The Morgan fingerprint density at radius 2 is 2.09 bits per heavy atom. The summed E-state index contributed by atoms with van der Waals surface area (Å²) in [6, 6.07) is 9.34. The fourth-order valence-electron chi connectivity index (χ4n) is 7.26. The van der Waals surface area contributed by atoms with E-state index >= 15 is 4.39 Å². The molecule has 10 heteroatoms. The van der Waals surface area contributed by atoms with Gasteiger partial charge in [-0.15, -0.1) is 0 Å². The fourth-order valence-corrected chi connectivity index (χ4v) is 8.12. The second-order valence-electron chi connectivity index (χ2n) is 13.5. The van der Waals surface area contributed by atoms with E-state index in [0.717, 1.165) is 55.5 Å². The second kappa shape index (κ2) is 15.6. The van der Waals surface area contributed by atoms with Crippen molar-refractivity contribution in [2.75, 3.05) is 44.8 Å². The fraction of sp³-hybridized carbons (Fsp3) is 0.568. The Morgan fingerprint density at radius 1 is 1.28 bits per heavy atom. The lowest BCUT2D eigenvalue weighted by Crippen LogP contribution is -2.46. The molecule has 7 nitrogen and oxygen atoms in total.